The van der Waals surface area contributed by atoms with Gasteiger partial charge in [0.05, 0.1) is 5.69 Å². The quantitative estimate of drug-likeness (QED) is 0.770. The number of nitrogens with one attached hydrogen (secondary N) is 1. The van der Waals surface area contributed by atoms with Crippen LogP contribution < -0.4 is 15.8 Å². The summed E-state index contributed by atoms with van der Waals surface area (Å²) in [5.74, 6) is -0.334. The predicted octanol–water partition coefficient (Wildman–Crippen LogP) is 1.70. The Morgan fingerprint density at radius 3 is 2.88 bits per heavy atom. The van der Waals surface area contributed by atoms with Gasteiger partial charge in [0, 0.05) is 12.6 Å². The van der Waals surface area contributed by atoms with Crippen LogP contribution in [0.4, 0.5) is 10.1 Å². The van der Waals surface area contributed by atoms with Crippen molar-refractivity contribution in [3.05, 3.63) is 24.0 Å². The molecule has 1 aromatic rings. The molecule has 17 heavy (non-hydrogen) atoms. The maximum atomic E-state index is 12.8. The Morgan fingerprint density at radius 1 is 1.59 bits per heavy atom. The Morgan fingerprint density at radius 2 is 2.29 bits per heavy atom. The highest BCUT2D eigenvalue weighted by Gasteiger charge is 2.15. The summed E-state index contributed by atoms with van der Waals surface area (Å²) in [5, 5.41) is 2.70. The number of carbonyl (C=O) groups excluding carboxylic acids is 1. The van der Waals surface area contributed by atoms with E-state index in [0.29, 0.717) is 12.3 Å². The molecule has 0 spiro atoms. The van der Waals surface area contributed by atoms with Crippen molar-refractivity contribution >= 4 is 11.6 Å². The van der Waals surface area contributed by atoms with Gasteiger partial charge in [0.25, 0.3) is 5.91 Å². The third kappa shape index (κ3) is 3.94. The first kappa shape index (κ1) is 13.3. The number of carbonyl (C=O) groups is 1. The third-order valence-corrected chi connectivity index (χ3v) is 2.19. The van der Waals surface area contributed by atoms with Gasteiger partial charge in [0.1, 0.15) is 11.6 Å². The fourth-order valence-electron chi connectivity index (χ4n) is 1.26. The smallest absolute Gasteiger partial charge is 0.260 e. The summed E-state index contributed by atoms with van der Waals surface area (Å²) in [7, 11) is 0. The first-order chi connectivity index (χ1) is 8.04. The lowest BCUT2D eigenvalue weighted by molar-refractivity contribution is -0.127. The summed E-state index contributed by atoms with van der Waals surface area (Å²) in [6, 6.07) is 3.81. The fraction of sp³-hybridized carbons (Fsp3) is 0.417. The molecule has 0 fully saturated rings. The monoisotopic (exact) mass is 240 g/mol. The zero-order valence-electron chi connectivity index (χ0n) is 10.00. The molecule has 1 unspecified atom stereocenters. The van der Waals surface area contributed by atoms with Crippen molar-refractivity contribution in [1.29, 1.82) is 0 Å². The Hall–Kier alpha value is -1.78. The molecule has 0 saturated carbocycles. The molecule has 1 amide bonds. The minimum atomic E-state index is -0.658. The molecule has 94 valence electrons. The highest BCUT2D eigenvalue weighted by Crippen LogP contribution is 2.22. The number of nitrogens with two attached hydrogens (primary N) is 1. The maximum Gasteiger partial charge on any atom is 0.260 e. The van der Waals surface area contributed by atoms with Gasteiger partial charge >= 0.3 is 0 Å². The average molecular weight is 240 g/mol. The highest BCUT2D eigenvalue weighted by atomic mass is 19.1. The van der Waals surface area contributed by atoms with Crippen LogP contribution in [0.1, 0.15) is 20.3 Å². The van der Waals surface area contributed by atoms with Gasteiger partial charge in [-0.3, -0.25) is 4.79 Å². The van der Waals surface area contributed by atoms with Crippen molar-refractivity contribution in [3.63, 3.8) is 0 Å². The van der Waals surface area contributed by atoms with Crippen LogP contribution in [0.3, 0.4) is 0 Å². The Kier molecular flexibility index (Phi) is 4.75. The highest BCUT2D eigenvalue weighted by molar-refractivity contribution is 5.80. The average Bonchev–Trinajstić information content (AvgIpc) is 2.29. The molecule has 3 N–H and O–H groups in total. The zero-order valence-corrected chi connectivity index (χ0v) is 10.00. The fourth-order valence-corrected chi connectivity index (χ4v) is 1.26. The maximum absolute atomic E-state index is 12.8. The van der Waals surface area contributed by atoms with E-state index < -0.39 is 11.9 Å². The normalized spacial score (nSPS) is 11.9. The first-order valence-electron chi connectivity index (χ1n) is 5.54. The Balaban J connectivity index is 2.61. The molecular weight excluding hydrogens is 223 g/mol. The van der Waals surface area contributed by atoms with Crippen LogP contribution in [0.5, 0.6) is 5.75 Å². The van der Waals surface area contributed by atoms with Gasteiger partial charge in [-0.1, -0.05) is 6.92 Å². The number of hydrogen-bond donors (Lipinski definition) is 2. The van der Waals surface area contributed by atoms with E-state index >= 15 is 0 Å². The van der Waals surface area contributed by atoms with Crippen LogP contribution in [0.25, 0.3) is 0 Å². The minimum absolute atomic E-state index is 0.181. The standard InChI is InChI=1S/C12H17FN2O2/c1-3-6-15-12(16)8(2)17-11-5-4-9(13)7-10(11)14/h4-5,7-8H,3,6,14H2,1-2H3,(H,15,16). The van der Waals surface area contributed by atoms with Crippen LogP contribution in [0, 0.1) is 5.82 Å². The van der Waals surface area contributed by atoms with Crippen LogP contribution in [-0.2, 0) is 4.79 Å². The van der Waals surface area contributed by atoms with Crippen molar-refractivity contribution in [1.82, 2.24) is 5.32 Å². The van der Waals surface area contributed by atoms with Gasteiger partial charge in [-0.05, 0) is 25.5 Å². The number of amides is 1. The first-order valence-corrected chi connectivity index (χ1v) is 5.54. The SMILES string of the molecule is CCCNC(=O)C(C)Oc1ccc(F)cc1N. The number of halogens is 1. The van der Waals surface area contributed by atoms with E-state index in [2.05, 4.69) is 5.32 Å². The third-order valence-electron chi connectivity index (χ3n) is 2.19. The van der Waals surface area contributed by atoms with E-state index in [1.54, 1.807) is 6.92 Å². The number of hydrogen-bond acceptors (Lipinski definition) is 3. The van der Waals surface area contributed by atoms with E-state index in [9.17, 15) is 9.18 Å². The number of anilines is 1. The lowest BCUT2D eigenvalue weighted by Gasteiger charge is -2.15. The van der Waals surface area contributed by atoms with Crippen molar-refractivity contribution in [2.75, 3.05) is 12.3 Å². The summed E-state index contributed by atoms with van der Waals surface area (Å²) in [6.45, 7) is 4.18. The predicted molar refractivity (Wildman–Crippen MR) is 64.2 cm³/mol. The molecule has 0 heterocycles. The lowest BCUT2D eigenvalue weighted by atomic mass is 10.3. The molecule has 5 heteroatoms. The molecular formula is C12H17FN2O2. The van der Waals surface area contributed by atoms with Crippen LogP contribution in [-0.4, -0.2) is 18.6 Å². The summed E-state index contributed by atoms with van der Waals surface area (Å²) < 4.78 is 18.2. The van der Waals surface area contributed by atoms with Crippen LogP contribution in [0.15, 0.2) is 18.2 Å². The topological polar surface area (TPSA) is 64.3 Å². The molecule has 0 radical (unpaired) electrons. The number of nitrogen functional groups attached to an aromatic ring is 1. The van der Waals surface area contributed by atoms with Crippen LogP contribution >= 0.6 is 0 Å². The van der Waals surface area contributed by atoms with Crippen molar-refractivity contribution in [3.8, 4) is 5.75 Å². The summed E-state index contributed by atoms with van der Waals surface area (Å²) in [4.78, 5) is 11.5. The van der Waals surface area contributed by atoms with Crippen molar-refractivity contribution in [2.24, 2.45) is 0 Å². The van der Waals surface area contributed by atoms with Crippen molar-refractivity contribution in [2.45, 2.75) is 26.4 Å². The number of rotatable bonds is 5. The van der Waals surface area contributed by atoms with Crippen LogP contribution in [0.2, 0.25) is 0 Å². The van der Waals surface area contributed by atoms with Gasteiger partial charge in [-0.15, -0.1) is 0 Å². The Bertz CT molecular complexity index is 396. The second-order valence-corrected chi connectivity index (χ2v) is 3.73. The summed E-state index contributed by atoms with van der Waals surface area (Å²) >= 11 is 0. The number of benzene rings is 1. The molecule has 0 saturated heterocycles. The summed E-state index contributed by atoms with van der Waals surface area (Å²) in [6.07, 6.45) is 0.200. The molecule has 0 aliphatic carbocycles. The number of ether oxygens (including phenoxy) is 1. The van der Waals surface area contributed by atoms with Gasteiger partial charge in [-0.2, -0.15) is 0 Å². The van der Waals surface area contributed by atoms with Gasteiger partial charge in [0.2, 0.25) is 0 Å². The second-order valence-electron chi connectivity index (χ2n) is 3.73. The van der Waals surface area contributed by atoms with Gasteiger partial charge in [-0.25, -0.2) is 4.39 Å². The second kappa shape index (κ2) is 6.08. The van der Waals surface area contributed by atoms with E-state index in [1.807, 2.05) is 6.92 Å². The Labute approximate surface area is 100.0 Å². The summed E-state index contributed by atoms with van der Waals surface area (Å²) in [5.41, 5.74) is 5.75. The molecule has 1 aromatic carbocycles. The zero-order chi connectivity index (χ0) is 12.8. The molecule has 1 atom stereocenters. The van der Waals surface area contributed by atoms with Gasteiger partial charge < -0.3 is 15.8 Å². The largest absolute Gasteiger partial charge is 0.479 e. The molecule has 1 rings (SSSR count). The minimum Gasteiger partial charge on any atom is -0.479 e. The van der Waals surface area contributed by atoms with E-state index in [4.69, 9.17) is 10.5 Å². The molecule has 0 bridgehead atoms. The molecule has 0 aromatic heterocycles. The van der Waals surface area contributed by atoms with Crippen molar-refractivity contribution < 1.29 is 13.9 Å². The molecule has 4 nitrogen and oxygen atoms in total. The van der Waals surface area contributed by atoms with Gasteiger partial charge in [0.15, 0.2) is 6.10 Å². The molecule has 0 aliphatic heterocycles. The van der Waals surface area contributed by atoms with E-state index in [-0.39, 0.29) is 11.6 Å². The molecule has 0 aliphatic rings. The lowest BCUT2D eigenvalue weighted by Crippen LogP contribution is -2.36. The van der Waals surface area contributed by atoms with E-state index in [0.717, 1.165) is 12.5 Å². The van der Waals surface area contributed by atoms with E-state index in [1.165, 1.54) is 12.1 Å².